The van der Waals surface area contributed by atoms with Crippen molar-refractivity contribution in [2.24, 2.45) is 0 Å². The third kappa shape index (κ3) is 3.34. The van der Waals surface area contributed by atoms with Crippen molar-refractivity contribution in [3.05, 3.63) is 17.5 Å². The lowest BCUT2D eigenvalue weighted by Gasteiger charge is -2.01. The van der Waals surface area contributed by atoms with Gasteiger partial charge in [-0.2, -0.15) is 0 Å². The molecule has 2 aromatic heterocycles. The van der Waals surface area contributed by atoms with Gasteiger partial charge in [-0.05, 0) is 17.9 Å². The molecule has 0 aliphatic rings. The van der Waals surface area contributed by atoms with E-state index in [-0.39, 0.29) is 12.8 Å². The molecule has 0 spiro atoms. The number of aromatic nitrogens is 2. The van der Waals surface area contributed by atoms with E-state index in [1.807, 2.05) is 17.5 Å². The summed E-state index contributed by atoms with van der Waals surface area (Å²) in [5.74, 6) is -1.66. The Morgan fingerprint density at radius 2 is 2.17 bits per heavy atom. The summed E-state index contributed by atoms with van der Waals surface area (Å²) in [6, 6.07) is 3.81. The summed E-state index contributed by atoms with van der Waals surface area (Å²) < 4.78 is 0. The van der Waals surface area contributed by atoms with Crippen molar-refractivity contribution in [3.63, 3.8) is 0 Å². The molecule has 94 valence electrons. The lowest BCUT2D eigenvalue weighted by Crippen LogP contribution is -2.24. The Hall–Kier alpha value is -1.80. The average Bonchev–Trinajstić information content (AvgIpc) is 2.95. The third-order valence-corrected chi connectivity index (χ3v) is 3.84. The lowest BCUT2D eigenvalue weighted by molar-refractivity contribution is -0.305. The number of hydrogen-bond acceptors (Lipinski definition) is 7. The molecule has 0 unspecified atom stereocenters. The largest absolute Gasteiger partial charge is 0.550 e. The molecule has 1 amide bonds. The van der Waals surface area contributed by atoms with Gasteiger partial charge in [0.1, 0.15) is 0 Å². The summed E-state index contributed by atoms with van der Waals surface area (Å²) in [6.45, 7) is 0. The molecule has 0 saturated heterocycles. The zero-order chi connectivity index (χ0) is 13.0. The highest BCUT2D eigenvalue weighted by atomic mass is 32.1. The fraction of sp³-hybridized carbons (Fsp3) is 0.200. The molecule has 0 bridgehead atoms. The summed E-state index contributed by atoms with van der Waals surface area (Å²) in [7, 11) is 0. The molecule has 0 atom stereocenters. The van der Waals surface area contributed by atoms with Gasteiger partial charge in [-0.25, -0.2) is 0 Å². The van der Waals surface area contributed by atoms with Crippen LogP contribution in [0.1, 0.15) is 12.8 Å². The standard InChI is InChI=1S/C10H9N3O3S2/c14-7(3-4-8(15)16)11-10-13-12-9(18-10)6-2-1-5-17-6/h1-2,5H,3-4H2,(H,15,16)(H,11,13,14)/p-1. The Morgan fingerprint density at radius 3 is 2.83 bits per heavy atom. The molecular formula is C10H8N3O3S2-. The number of nitrogens with one attached hydrogen (secondary N) is 1. The number of anilines is 1. The van der Waals surface area contributed by atoms with Crippen LogP contribution in [0.15, 0.2) is 17.5 Å². The smallest absolute Gasteiger partial charge is 0.226 e. The molecule has 8 heteroatoms. The Morgan fingerprint density at radius 1 is 1.33 bits per heavy atom. The van der Waals surface area contributed by atoms with E-state index in [1.54, 1.807) is 0 Å². The molecule has 0 aliphatic heterocycles. The van der Waals surface area contributed by atoms with Gasteiger partial charge in [0.15, 0.2) is 5.01 Å². The molecular weight excluding hydrogens is 274 g/mol. The quantitative estimate of drug-likeness (QED) is 0.872. The van der Waals surface area contributed by atoms with Crippen LogP contribution < -0.4 is 10.4 Å². The number of hydrogen-bond donors (Lipinski definition) is 1. The zero-order valence-corrected chi connectivity index (χ0v) is 10.7. The normalized spacial score (nSPS) is 10.2. The van der Waals surface area contributed by atoms with Crippen molar-refractivity contribution in [1.82, 2.24) is 10.2 Å². The monoisotopic (exact) mass is 282 g/mol. The van der Waals surface area contributed by atoms with E-state index in [0.29, 0.717) is 5.13 Å². The Balaban J connectivity index is 1.95. The van der Waals surface area contributed by atoms with Gasteiger partial charge < -0.3 is 15.2 Å². The third-order valence-electron chi connectivity index (χ3n) is 1.96. The highest BCUT2D eigenvalue weighted by Gasteiger charge is 2.10. The minimum atomic E-state index is -1.25. The fourth-order valence-electron chi connectivity index (χ4n) is 1.17. The second-order valence-corrected chi connectivity index (χ2v) is 5.24. The minimum absolute atomic E-state index is 0.129. The van der Waals surface area contributed by atoms with Crippen LogP contribution in [0.5, 0.6) is 0 Å². The van der Waals surface area contributed by atoms with Crippen LogP contribution in [0.25, 0.3) is 9.88 Å². The van der Waals surface area contributed by atoms with Crippen molar-refractivity contribution >= 4 is 39.7 Å². The summed E-state index contributed by atoms with van der Waals surface area (Å²) >= 11 is 2.78. The zero-order valence-electron chi connectivity index (χ0n) is 9.08. The summed E-state index contributed by atoms with van der Waals surface area (Å²) in [6.07, 6.45) is -0.432. The Kier molecular flexibility index (Phi) is 4.00. The predicted molar refractivity (Wildman–Crippen MR) is 66.1 cm³/mol. The van der Waals surface area contributed by atoms with Crippen molar-refractivity contribution in [1.29, 1.82) is 0 Å². The molecule has 0 radical (unpaired) electrons. The van der Waals surface area contributed by atoms with Crippen LogP contribution in [-0.4, -0.2) is 22.1 Å². The van der Waals surface area contributed by atoms with E-state index in [9.17, 15) is 14.7 Å². The summed E-state index contributed by atoms with van der Waals surface area (Å²) in [5, 5.41) is 23.5. The van der Waals surface area contributed by atoms with Crippen LogP contribution in [-0.2, 0) is 9.59 Å². The number of nitrogens with zero attached hydrogens (tertiary/aromatic N) is 2. The number of amides is 1. The molecule has 2 aromatic rings. The Labute approximate surface area is 110 Å². The first-order valence-electron chi connectivity index (χ1n) is 5.02. The molecule has 0 saturated carbocycles. The Bertz CT molecular complexity index is 550. The number of carboxylic acids is 1. The average molecular weight is 282 g/mol. The van der Waals surface area contributed by atoms with Crippen molar-refractivity contribution in [3.8, 4) is 9.88 Å². The molecule has 2 rings (SSSR count). The second kappa shape index (κ2) is 5.69. The SMILES string of the molecule is O=C([O-])CCC(=O)Nc1nnc(-c2cccs2)s1. The van der Waals surface area contributed by atoms with Crippen LogP contribution in [0, 0.1) is 0 Å². The van der Waals surface area contributed by atoms with E-state index in [4.69, 9.17) is 0 Å². The van der Waals surface area contributed by atoms with E-state index >= 15 is 0 Å². The number of rotatable bonds is 5. The molecule has 0 aliphatic carbocycles. The van der Waals surface area contributed by atoms with Crippen LogP contribution in [0.4, 0.5) is 5.13 Å². The topological polar surface area (TPSA) is 95.0 Å². The van der Waals surface area contributed by atoms with Crippen LogP contribution in [0.3, 0.4) is 0 Å². The maximum Gasteiger partial charge on any atom is 0.226 e. The molecule has 6 nitrogen and oxygen atoms in total. The predicted octanol–water partition coefficient (Wildman–Crippen LogP) is 0.735. The van der Waals surface area contributed by atoms with E-state index < -0.39 is 11.9 Å². The van der Waals surface area contributed by atoms with Gasteiger partial charge in [0.05, 0.1) is 4.88 Å². The van der Waals surface area contributed by atoms with Gasteiger partial charge in [0.2, 0.25) is 11.0 Å². The molecule has 1 N–H and O–H groups in total. The van der Waals surface area contributed by atoms with Gasteiger partial charge in [-0.1, -0.05) is 17.4 Å². The van der Waals surface area contributed by atoms with Gasteiger partial charge in [0, 0.05) is 12.4 Å². The second-order valence-electron chi connectivity index (χ2n) is 3.31. The van der Waals surface area contributed by atoms with E-state index in [1.165, 1.54) is 22.7 Å². The van der Waals surface area contributed by atoms with Gasteiger partial charge in [0.25, 0.3) is 0 Å². The van der Waals surface area contributed by atoms with Crippen molar-refractivity contribution in [2.75, 3.05) is 5.32 Å². The van der Waals surface area contributed by atoms with Crippen LogP contribution >= 0.6 is 22.7 Å². The number of thiophene rings is 1. The molecule has 2 heterocycles. The van der Waals surface area contributed by atoms with Crippen molar-refractivity contribution < 1.29 is 14.7 Å². The molecule has 0 fully saturated rings. The minimum Gasteiger partial charge on any atom is -0.550 e. The van der Waals surface area contributed by atoms with E-state index in [2.05, 4.69) is 15.5 Å². The highest BCUT2D eigenvalue weighted by molar-refractivity contribution is 7.23. The maximum atomic E-state index is 11.4. The number of aliphatic carboxylic acids is 1. The van der Waals surface area contributed by atoms with E-state index in [0.717, 1.165) is 9.88 Å². The number of carbonyl (C=O) groups excluding carboxylic acids is 2. The first-order chi connectivity index (χ1) is 8.65. The van der Waals surface area contributed by atoms with Crippen LogP contribution in [0.2, 0.25) is 0 Å². The first kappa shape index (κ1) is 12.7. The van der Waals surface area contributed by atoms with Gasteiger partial charge >= 0.3 is 0 Å². The van der Waals surface area contributed by atoms with Crippen molar-refractivity contribution in [2.45, 2.75) is 12.8 Å². The summed E-state index contributed by atoms with van der Waals surface area (Å²) in [4.78, 5) is 22.5. The van der Waals surface area contributed by atoms with Gasteiger partial charge in [-0.3, -0.25) is 4.79 Å². The highest BCUT2D eigenvalue weighted by Crippen LogP contribution is 2.29. The molecule has 0 aromatic carbocycles. The lowest BCUT2D eigenvalue weighted by atomic mass is 10.3. The number of carbonyl (C=O) groups is 2. The maximum absolute atomic E-state index is 11.4. The molecule has 18 heavy (non-hydrogen) atoms. The first-order valence-corrected chi connectivity index (χ1v) is 6.72. The summed E-state index contributed by atoms with van der Waals surface area (Å²) in [5.41, 5.74) is 0. The number of carboxylic acid groups (broad SMARTS) is 1. The van der Waals surface area contributed by atoms with Gasteiger partial charge in [-0.15, -0.1) is 21.5 Å². The fourth-order valence-corrected chi connectivity index (χ4v) is 2.72.